The number of likely N-dealkylation sites (tertiary alicyclic amines) is 1. The molecule has 1 aliphatic rings. The summed E-state index contributed by atoms with van der Waals surface area (Å²) in [5.41, 5.74) is 0. The number of amides is 1. The van der Waals surface area contributed by atoms with Gasteiger partial charge in [0.2, 0.25) is 0 Å². The van der Waals surface area contributed by atoms with Crippen molar-refractivity contribution in [2.75, 3.05) is 13.2 Å². The minimum absolute atomic E-state index is 0.0778. The molecule has 1 aliphatic heterocycles. The third-order valence-corrected chi connectivity index (χ3v) is 3.47. The van der Waals surface area contributed by atoms with Gasteiger partial charge in [0.05, 0.1) is 19.7 Å². The van der Waals surface area contributed by atoms with Crippen LogP contribution in [0.2, 0.25) is 0 Å². The Labute approximate surface area is 113 Å². The second-order valence-corrected chi connectivity index (χ2v) is 4.95. The normalized spacial score (nSPS) is 18.8. The molecular weight excluding hydrogens is 270 g/mol. The molecule has 2 heterocycles. The van der Waals surface area contributed by atoms with E-state index in [0.29, 0.717) is 6.54 Å². The fourth-order valence-corrected chi connectivity index (χ4v) is 2.46. The highest BCUT2D eigenvalue weighted by atomic mass is 32.1. The Morgan fingerprint density at radius 3 is 2.95 bits per heavy atom. The molecule has 1 saturated heterocycles. The van der Waals surface area contributed by atoms with Crippen molar-refractivity contribution in [3.8, 4) is 0 Å². The first-order valence-corrected chi connectivity index (χ1v) is 6.68. The maximum atomic E-state index is 11.7. The summed E-state index contributed by atoms with van der Waals surface area (Å²) in [7, 11) is 0. The Morgan fingerprint density at radius 2 is 2.32 bits per heavy atom. The lowest BCUT2D eigenvalue weighted by Crippen LogP contribution is -2.27. The number of hydrogen-bond donors (Lipinski definition) is 0. The van der Waals surface area contributed by atoms with E-state index in [1.807, 2.05) is 17.5 Å². The number of nitrogens with zero attached hydrogens (tertiary/aromatic N) is 1. The Hall–Kier alpha value is -1.89. The van der Waals surface area contributed by atoms with E-state index in [9.17, 15) is 14.4 Å². The number of carbonyl (C=O) groups excluding carboxylic acids is 3. The quantitative estimate of drug-likeness (QED) is 0.613. The van der Waals surface area contributed by atoms with Crippen LogP contribution in [0.4, 0.5) is 4.79 Å². The third-order valence-electron chi connectivity index (χ3n) is 2.60. The molecule has 0 N–H and O–H groups in total. The van der Waals surface area contributed by atoms with E-state index >= 15 is 0 Å². The molecule has 1 aromatic heterocycles. The van der Waals surface area contributed by atoms with Gasteiger partial charge < -0.3 is 14.4 Å². The summed E-state index contributed by atoms with van der Waals surface area (Å²) >= 11 is 1.50. The van der Waals surface area contributed by atoms with Crippen LogP contribution in [0.1, 0.15) is 11.8 Å². The van der Waals surface area contributed by atoms with Crippen molar-refractivity contribution in [3.63, 3.8) is 0 Å². The number of rotatable bonds is 4. The van der Waals surface area contributed by atoms with Crippen LogP contribution in [0.25, 0.3) is 0 Å². The Kier molecular flexibility index (Phi) is 4.16. The summed E-state index contributed by atoms with van der Waals surface area (Å²) in [4.78, 5) is 36.9. The Balaban J connectivity index is 1.96. The molecular formula is C12H13NO5S. The average Bonchev–Trinajstić information content (AvgIpc) is 2.96. The highest BCUT2D eigenvalue weighted by molar-refractivity contribution is 7.09. The molecule has 0 aliphatic carbocycles. The minimum Gasteiger partial charge on any atom is -0.435 e. The molecule has 19 heavy (non-hydrogen) atoms. The molecule has 0 radical (unpaired) electrons. The van der Waals surface area contributed by atoms with Crippen molar-refractivity contribution in [1.29, 1.82) is 0 Å². The van der Waals surface area contributed by atoms with Gasteiger partial charge in [-0.15, -0.1) is 11.3 Å². The number of Topliss-reactive ketones (excluding diaryl/α,β-unsaturated/α-hetero) is 1. The molecule has 0 spiro atoms. The molecule has 0 saturated carbocycles. The van der Waals surface area contributed by atoms with Crippen molar-refractivity contribution in [3.05, 3.63) is 22.4 Å². The van der Waals surface area contributed by atoms with E-state index in [1.54, 1.807) is 6.92 Å². The topological polar surface area (TPSA) is 72.9 Å². The first-order chi connectivity index (χ1) is 9.11. The van der Waals surface area contributed by atoms with Crippen LogP contribution in [-0.2, 0) is 25.6 Å². The van der Waals surface area contributed by atoms with Gasteiger partial charge in [-0.3, -0.25) is 9.59 Å². The molecule has 0 aromatic carbocycles. The lowest BCUT2D eigenvalue weighted by molar-refractivity contribution is -0.142. The fraction of sp³-hybridized carbons (Fsp3) is 0.417. The largest absolute Gasteiger partial charge is 0.509 e. The second kappa shape index (κ2) is 5.83. The van der Waals surface area contributed by atoms with E-state index in [-0.39, 0.29) is 13.2 Å². The van der Waals surface area contributed by atoms with Crippen molar-refractivity contribution in [2.24, 2.45) is 0 Å². The minimum atomic E-state index is -1.06. The summed E-state index contributed by atoms with van der Waals surface area (Å²) in [6, 6.07) is 3.75. The van der Waals surface area contributed by atoms with Crippen LogP contribution < -0.4 is 0 Å². The van der Waals surface area contributed by atoms with Gasteiger partial charge in [0.25, 0.3) is 11.7 Å². The predicted molar refractivity (Wildman–Crippen MR) is 66.6 cm³/mol. The van der Waals surface area contributed by atoms with Crippen LogP contribution in [0, 0.1) is 0 Å². The SMILES string of the molecule is CCOC(=O)OC1CN(Cc2cccs2)C(=O)C1=O. The van der Waals surface area contributed by atoms with Gasteiger partial charge >= 0.3 is 6.16 Å². The van der Waals surface area contributed by atoms with Crippen molar-refractivity contribution in [2.45, 2.75) is 19.6 Å². The van der Waals surface area contributed by atoms with Crippen LogP contribution in [0.15, 0.2) is 17.5 Å². The second-order valence-electron chi connectivity index (χ2n) is 3.92. The lowest BCUT2D eigenvalue weighted by atomic mass is 10.3. The fourth-order valence-electron chi connectivity index (χ4n) is 1.75. The molecule has 1 aromatic rings. The van der Waals surface area contributed by atoms with E-state index in [1.165, 1.54) is 16.2 Å². The molecule has 1 unspecified atom stereocenters. The van der Waals surface area contributed by atoms with Crippen LogP contribution in [0.5, 0.6) is 0 Å². The number of carbonyl (C=O) groups is 3. The predicted octanol–water partition coefficient (Wildman–Crippen LogP) is 1.20. The summed E-state index contributed by atoms with van der Waals surface area (Å²) < 4.78 is 9.40. The zero-order chi connectivity index (χ0) is 13.8. The van der Waals surface area contributed by atoms with E-state index < -0.39 is 23.9 Å². The number of thiophene rings is 1. The molecule has 2 rings (SSSR count). The van der Waals surface area contributed by atoms with Crippen molar-refractivity contribution in [1.82, 2.24) is 4.90 Å². The van der Waals surface area contributed by atoms with Gasteiger partial charge in [0.1, 0.15) is 0 Å². The third kappa shape index (κ3) is 3.11. The average molecular weight is 283 g/mol. The van der Waals surface area contributed by atoms with Crippen LogP contribution >= 0.6 is 11.3 Å². The number of ether oxygens (including phenoxy) is 2. The van der Waals surface area contributed by atoms with Gasteiger partial charge in [-0.25, -0.2) is 4.79 Å². The molecule has 1 atom stereocenters. The standard InChI is InChI=1S/C12H13NO5S/c1-2-17-12(16)18-9-7-13(11(15)10(9)14)6-8-4-3-5-19-8/h3-5,9H,2,6-7H2,1H3. The number of hydrogen-bond acceptors (Lipinski definition) is 6. The van der Waals surface area contributed by atoms with Gasteiger partial charge in [-0.05, 0) is 18.4 Å². The first kappa shape index (κ1) is 13.5. The van der Waals surface area contributed by atoms with Gasteiger partial charge in [0, 0.05) is 4.88 Å². The summed E-state index contributed by atoms with van der Waals surface area (Å²) in [6.07, 6.45) is -1.99. The maximum Gasteiger partial charge on any atom is 0.509 e. The van der Waals surface area contributed by atoms with Gasteiger partial charge in [-0.2, -0.15) is 0 Å². The lowest BCUT2D eigenvalue weighted by Gasteiger charge is -2.14. The zero-order valence-electron chi connectivity index (χ0n) is 10.3. The highest BCUT2D eigenvalue weighted by Gasteiger charge is 2.41. The first-order valence-electron chi connectivity index (χ1n) is 5.80. The number of ketones is 1. The molecule has 102 valence electrons. The van der Waals surface area contributed by atoms with Gasteiger partial charge in [-0.1, -0.05) is 6.07 Å². The monoisotopic (exact) mass is 283 g/mol. The summed E-state index contributed by atoms with van der Waals surface area (Å²) in [5.74, 6) is -1.33. The van der Waals surface area contributed by atoms with Crippen molar-refractivity contribution >= 4 is 29.2 Å². The highest BCUT2D eigenvalue weighted by Crippen LogP contribution is 2.18. The molecule has 7 heteroatoms. The Bertz CT molecular complexity index is 484. The van der Waals surface area contributed by atoms with E-state index in [0.717, 1.165) is 4.88 Å². The van der Waals surface area contributed by atoms with E-state index in [2.05, 4.69) is 4.74 Å². The molecule has 6 nitrogen and oxygen atoms in total. The van der Waals surface area contributed by atoms with E-state index in [4.69, 9.17) is 4.74 Å². The van der Waals surface area contributed by atoms with Crippen LogP contribution in [-0.4, -0.2) is 42.0 Å². The van der Waals surface area contributed by atoms with Gasteiger partial charge in [0.15, 0.2) is 6.10 Å². The smallest absolute Gasteiger partial charge is 0.435 e. The summed E-state index contributed by atoms with van der Waals surface area (Å²) in [5, 5.41) is 1.89. The zero-order valence-corrected chi connectivity index (χ0v) is 11.1. The van der Waals surface area contributed by atoms with Crippen molar-refractivity contribution < 1.29 is 23.9 Å². The van der Waals surface area contributed by atoms with Crippen LogP contribution in [0.3, 0.4) is 0 Å². The Morgan fingerprint density at radius 1 is 1.53 bits per heavy atom. The molecule has 1 fully saturated rings. The maximum absolute atomic E-state index is 11.7. The molecule has 1 amide bonds. The molecule has 0 bridgehead atoms. The summed E-state index contributed by atoms with van der Waals surface area (Å²) in [6.45, 7) is 2.22.